The molecule has 0 radical (unpaired) electrons. The van der Waals surface area contributed by atoms with Gasteiger partial charge in [-0.2, -0.15) is 0 Å². The third-order valence-corrected chi connectivity index (χ3v) is 3.49. The quantitative estimate of drug-likeness (QED) is 0.758. The van der Waals surface area contributed by atoms with Gasteiger partial charge in [0.1, 0.15) is 17.3 Å². The molecule has 0 saturated heterocycles. The number of halogens is 1. The van der Waals surface area contributed by atoms with Crippen LogP contribution in [-0.4, -0.2) is 30.2 Å². The number of nitrogens with one attached hydrogen (secondary N) is 1. The van der Waals surface area contributed by atoms with Crippen LogP contribution < -0.4 is 15.0 Å². The lowest BCUT2D eigenvalue weighted by Crippen LogP contribution is -2.16. The number of anilines is 2. The number of ether oxygens (including phenoxy) is 1. The molecule has 0 aliphatic heterocycles. The maximum atomic E-state index is 13.2. The molecule has 1 amide bonds. The van der Waals surface area contributed by atoms with Gasteiger partial charge in [0.25, 0.3) is 5.91 Å². The second-order valence-electron chi connectivity index (χ2n) is 5.71. The lowest BCUT2D eigenvalue weighted by molar-refractivity contribution is 0.102. The second-order valence-corrected chi connectivity index (χ2v) is 5.71. The highest BCUT2D eigenvalue weighted by atomic mass is 19.1. The lowest BCUT2D eigenvalue weighted by atomic mass is 10.2. The molecule has 1 aromatic heterocycles. The maximum absolute atomic E-state index is 13.2. The molecule has 2 aromatic carbocycles. The van der Waals surface area contributed by atoms with Crippen molar-refractivity contribution < 1.29 is 13.9 Å². The number of benzene rings is 2. The van der Waals surface area contributed by atoms with Crippen LogP contribution >= 0.6 is 0 Å². The fourth-order valence-electron chi connectivity index (χ4n) is 2.15. The molecule has 0 saturated carbocycles. The summed E-state index contributed by atoms with van der Waals surface area (Å²) in [6.07, 6.45) is 0. The van der Waals surface area contributed by atoms with Crippen LogP contribution in [0.25, 0.3) is 0 Å². The van der Waals surface area contributed by atoms with Crippen LogP contribution in [0.2, 0.25) is 0 Å². The van der Waals surface area contributed by atoms with E-state index in [-0.39, 0.29) is 17.4 Å². The van der Waals surface area contributed by atoms with Crippen LogP contribution in [0.5, 0.6) is 11.5 Å². The van der Waals surface area contributed by atoms with E-state index in [0.29, 0.717) is 23.0 Å². The Balaban J connectivity index is 1.64. The van der Waals surface area contributed by atoms with Crippen molar-refractivity contribution in [1.29, 1.82) is 0 Å². The van der Waals surface area contributed by atoms with Crippen LogP contribution in [0, 0.1) is 5.82 Å². The van der Waals surface area contributed by atoms with Gasteiger partial charge in [0.2, 0.25) is 0 Å². The molecular formula is C19H17FN4O2. The standard InChI is InChI=1S/C19H17FN4O2/c1-24(2)18-11-10-17(22-23-18)19(25)21-14-6-8-15(9-7-14)26-16-5-3-4-13(20)12-16/h3-12H,1-2H3,(H,21,25). The highest BCUT2D eigenvalue weighted by molar-refractivity contribution is 6.02. The van der Waals surface area contributed by atoms with Crippen molar-refractivity contribution in [3.05, 3.63) is 72.2 Å². The molecule has 0 bridgehead atoms. The average molecular weight is 352 g/mol. The summed E-state index contributed by atoms with van der Waals surface area (Å²) < 4.78 is 18.7. The zero-order chi connectivity index (χ0) is 18.5. The molecule has 0 atom stereocenters. The Morgan fingerprint density at radius 3 is 2.38 bits per heavy atom. The fraction of sp³-hybridized carbons (Fsp3) is 0.105. The number of amides is 1. The van der Waals surface area contributed by atoms with Gasteiger partial charge in [-0.3, -0.25) is 4.79 Å². The predicted molar refractivity (Wildman–Crippen MR) is 97.2 cm³/mol. The minimum absolute atomic E-state index is 0.218. The van der Waals surface area contributed by atoms with E-state index in [1.165, 1.54) is 12.1 Å². The normalized spacial score (nSPS) is 10.3. The number of hydrogen-bond acceptors (Lipinski definition) is 5. The summed E-state index contributed by atoms with van der Waals surface area (Å²) in [5, 5.41) is 10.6. The third-order valence-electron chi connectivity index (χ3n) is 3.49. The van der Waals surface area contributed by atoms with E-state index < -0.39 is 0 Å². The first kappa shape index (κ1) is 17.3. The summed E-state index contributed by atoms with van der Waals surface area (Å²) in [7, 11) is 3.69. The monoisotopic (exact) mass is 352 g/mol. The summed E-state index contributed by atoms with van der Waals surface area (Å²) in [5.41, 5.74) is 0.802. The van der Waals surface area contributed by atoms with Crippen molar-refractivity contribution in [2.45, 2.75) is 0 Å². The molecule has 26 heavy (non-hydrogen) atoms. The first-order chi connectivity index (χ1) is 12.5. The van der Waals surface area contributed by atoms with E-state index in [9.17, 15) is 9.18 Å². The topological polar surface area (TPSA) is 67.4 Å². The summed E-state index contributed by atoms with van der Waals surface area (Å²) in [5.74, 6) is 0.872. The van der Waals surface area contributed by atoms with Gasteiger partial charge in [-0.25, -0.2) is 4.39 Å². The van der Waals surface area contributed by atoms with E-state index >= 15 is 0 Å². The molecular weight excluding hydrogens is 335 g/mol. The van der Waals surface area contributed by atoms with Gasteiger partial charge in [-0.15, -0.1) is 10.2 Å². The predicted octanol–water partition coefficient (Wildman–Crippen LogP) is 3.73. The molecule has 0 spiro atoms. The SMILES string of the molecule is CN(C)c1ccc(C(=O)Nc2ccc(Oc3cccc(F)c3)cc2)nn1. The van der Waals surface area contributed by atoms with Gasteiger partial charge >= 0.3 is 0 Å². The average Bonchev–Trinajstić information content (AvgIpc) is 2.63. The van der Waals surface area contributed by atoms with Crippen molar-refractivity contribution in [1.82, 2.24) is 10.2 Å². The molecule has 132 valence electrons. The van der Waals surface area contributed by atoms with Crippen LogP contribution in [0.15, 0.2) is 60.7 Å². The molecule has 3 aromatic rings. The minimum Gasteiger partial charge on any atom is -0.457 e. The number of aromatic nitrogens is 2. The lowest BCUT2D eigenvalue weighted by Gasteiger charge is -2.10. The Kier molecular flexibility index (Phi) is 5.07. The molecule has 0 aliphatic carbocycles. The zero-order valence-electron chi connectivity index (χ0n) is 14.3. The maximum Gasteiger partial charge on any atom is 0.276 e. The Hall–Kier alpha value is -3.48. The van der Waals surface area contributed by atoms with Crippen LogP contribution in [-0.2, 0) is 0 Å². The fourth-order valence-corrected chi connectivity index (χ4v) is 2.15. The summed E-state index contributed by atoms with van der Waals surface area (Å²) in [6.45, 7) is 0. The van der Waals surface area contributed by atoms with Gasteiger partial charge < -0.3 is 15.0 Å². The molecule has 3 rings (SSSR count). The summed E-state index contributed by atoms with van der Waals surface area (Å²) in [4.78, 5) is 14.0. The number of hydrogen-bond donors (Lipinski definition) is 1. The highest BCUT2D eigenvalue weighted by Gasteiger charge is 2.09. The third kappa shape index (κ3) is 4.32. The van der Waals surface area contributed by atoms with Gasteiger partial charge in [0.05, 0.1) is 0 Å². The molecule has 0 fully saturated rings. The van der Waals surface area contributed by atoms with Crippen LogP contribution in [0.4, 0.5) is 15.9 Å². The van der Waals surface area contributed by atoms with Gasteiger partial charge in [-0.05, 0) is 48.5 Å². The highest BCUT2D eigenvalue weighted by Crippen LogP contribution is 2.23. The molecule has 1 N–H and O–H groups in total. The van der Waals surface area contributed by atoms with Gasteiger partial charge in [0.15, 0.2) is 11.5 Å². The first-order valence-electron chi connectivity index (χ1n) is 7.87. The first-order valence-corrected chi connectivity index (χ1v) is 7.87. The van der Waals surface area contributed by atoms with Crippen molar-refractivity contribution in [3.63, 3.8) is 0 Å². The van der Waals surface area contributed by atoms with E-state index in [2.05, 4.69) is 15.5 Å². The molecule has 6 nitrogen and oxygen atoms in total. The molecule has 0 unspecified atom stereocenters. The van der Waals surface area contributed by atoms with Gasteiger partial charge in [-0.1, -0.05) is 6.07 Å². The Bertz CT molecular complexity index is 896. The van der Waals surface area contributed by atoms with E-state index in [0.717, 1.165) is 0 Å². The molecule has 7 heteroatoms. The Morgan fingerprint density at radius 2 is 1.77 bits per heavy atom. The number of carbonyl (C=O) groups is 1. The van der Waals surface area contributed by atoms with Crippen molar-refractivity contribution in [2.75, 3.05) is 24.3 Å². The second kappa shape index (κ2) is 7.60. The van der Waals surface area contributed by atoms with Crippen molar-refractivity contribution in [3.8, 4) is 11.5 Å². The van der Waals surface area contributed by atoms with Crippen LogP contribution in [0.1, 0.15) is 10.5 Å². The van der Waals surface area contributed by atoms with E-state index in [4.69, 9.17) is 4.74 Å². The number of rotatable bonds is 5. The van der Waals surface area contributed by atoms with Gasteiger partial charge in [0, 0.05) is 25.8 Å². The molecule has 1 heterocycles. The molecule has 0 aliphatic rings. The van der Waals surface area contributed by atoms with Crippen LogP contribution in [0.3, 0.4) is 0 Å². The number of carbonyl (C=O) groups excluding carboxylic acids is 1. The number of nitrogens with zero attached hydrogens (tertiary/aromatic N) is 3. The Morgan fingerprint density at radius 1 is 1.00 bits per heavy atom. The smallest absolute Gasteiger partial charge is 0.276 e. The van der Waals surface area contributed by atoms with E-state index in [1.807, 2.05) is 14.1 Å². The minimum atomic E-state index is -0.368. The summed E-state index contributed by atoms with van der Waals surface area (Å²) >= 11 is 0. The van der Waals surface area contributed by atoms with Crippen molar-refractivity contribution >= 4 is 17.4 Å². The van der Waals surface area contributed by atoms with Crippen molar-refractivity contribution in [2.24, 2.45) is 0 Å². The Labute approximate surface area is 150 Å². The summed E-state index contributed by atoms with van der Waals surface area (Å²) in [6, 6.07) is 15.9. The zero-order valence-corrected chi connectivity index (χ0v) is 14.3. The van der Waals surface area contributed by atoms with E-state index in [1.54, 1.807) is 53.4 Å². The largest absolute Gasteiger partial charge is 0.457 e.